The van der Waals surface area contributed by atoms with Gasteiger partial charge in [-0.3, -0.25) is 0 Å². The molecule has 1 rings (SSSR count). The van der Waals surface area contributed by atoms with Crippen molar-refractivity contribution in [2.45, 2.75) is 19.6 Å². The normalized spacial score (nSPS) is 12.6. The lowest BCUT2D eigenvalue weighted by Gasteiger charge is -2.17. The molecule has 0 aliphatic rings. The number of hydrogen-bond donors (Lipinski definition) is 1. The fourth-order valence-corrected chi connectivity index (χ4v) is 1.91. The Morgan fingerprint density at radius 3 is 2.62 bits per heavy atom. The van der Waals surface area contributed by atoms with E-state index in [1.807, 2.05) is 6.92 Å². The largest absolute Gasteiger partial charge is 0.486 e. The number of halogens is 2. The zero-order valence-corrected chi connectivity index (χ0v) is 10.7. The van der Waals surface area contributed by atoms with E-state index in [0.717, 1.165) is 0 Å². The van der Waals surface area contributed by atoms with Crippen LogP contribution in [0.25, 0.3) is 0 Å². The molecule has 1 atom stereocenters. The van der Waals surface area contributed by atoms with E-state index < -0.39 is 0 Å². The fourth-order valence-electron chi connectivity index (χ4n) is 1.33. The Balaban J connectivity index is 2.93. The predicted molar refractivity (Wildman–Crippen MR) is 64.4 cm³/mol. The van der Waals surface area contributed by atoms with Crippen molar-refractivity contribution in [1.29, 1.82) is 0 Å². The highest BCUT2D eigenvalue weighted by Crippen LogP contribution is 2.33. The van der Waals surface area contributed by atoms with Gasteiger partial charge in [-0.2, -0.15) is 0 Å². The van der Waals surface area contributed by atoms with Gasteiger partial charge in [-0.15, -0.1) is 0 Å². The van der Waals surface area contributed by atoms with Gasteiger partial charge in [-0.25, -0.2) is 0 Å². The number of rotatable bonds is 5. The van der Waals surface area contributed by atoms with Crippen LogP contribution in [-0.4, -0.2) is 24.9 Å². The van der Waals surface area contributed by atoms with Gasteiger partial charge in [0.2, 0.25) is 0 Å². The average Bonchev–Trinajstić information content (AvgIpc) is 2.22. The van der Waals surface area contributed by atoms with Gasteiger partial charge in [0.05, 0.1) is 18.2 Å². The van der Waals surface area contributed by atoms with Crippen LogP contribution in [0.15, 0.2) is 12.1 Å². The molecule has 0 aliphatic carbocycles. The van der Waals surface area contributed by atoms with E-state index in [1.165, 1.54) is 0 Å². The van der Waals surface area contributed by atoms with Gasteiger partial charge in [0.1, 0.15) is 11.9 Å². The molecule has 3 nitrogen and oxygen atoms in total. The van der Waals surface area contributed by atoms with Crippen LogP contribution in [-0.2, 0) is 11.3 Å². The standard InChI is InChI=1S/C11H14Cl2O3/c1-7(6-15-2)16-11-8(5-14)3-9(12)4-10(11)13/h3-4,7,14H,5-6H2,1-2H3. The van der Waals surface area contributed by atoms with Gasteiger partial charge in [-0.1, -0.05) is 23.2 Å². The molecule has 0 aromatic heterocycles. The lowest BCUT2D eigenvalue weighted by Crippen LogP contribution is -2.19. The van der Waals surface area contributed by atoms with Gasteiger partial charge in [-0.05, 0) is 19.1 Å². The topological polar surface area (TPSA) is 38.7 Å². The third-order valence-electron chi connectivity index (χ3n) is 1.98. The van der Waals surface area contributed by atoms with Crippen LogP contribution in [0.3, 0.4) is 0 Å². The monoisotopic (exact) mass is 264 g/mol. The number of aliphatic hydroxyl groups excluding tert-OH is 1. The molecule has 0 heterocycles. The molecule has 1 N–H and O–H groups in total. The molecule has 0 spiro atoms. The van der Waals surface area contributed by atoms with E-state index in [-0.39, 0.29) is 12.7 Å². The molecule has 1 unspecified atom stereocenters. The first-order valence-corrected chi connectivity index (χ1v) is 5.58. The van der Waals surface area contributed by atoms with E-state index in [0.29, 0.717) is 28.0 Å². The number of benzene rings is 1. The predicted octanol–water partition coefficient (Wildman–Crippen LogP) is 2.90. The van der Waals surface area contributed by atoms with Crippen molar-refractivity contribution in [3.8, 4) is 5.75 Å². The molecule has 0 saturated carbocycles. The summed E-state index contributed by atoms with van der Waals surface area (Å²) in [5.41, 5.74) is 0.570. The number of hydrogen-bond acceptors (Lipinski definition) is 3. The van der Waals surface area contributed by atoms with Crippen molar-refractivity contribution in [2.75, 3.05) is 13.7 Å². The zero-order valence-electron chi connectivity index (χ0n) is 9.17. The minimum atomic E-state index is -0.171. The molecular formula is C11H14Cl2O3. The smallest absolute Gasteiger partial charge is 0.144 e. The van der Waals surface area contributed by atoms with Crippen LogP contribution in [0, 0.1) is 0 Å². The van der Waals surface area contributed by atoms with Crippen molar-refractivity contribution in [1.82, 2.24) is 0 Å². The fraction of sp³-hybridized carbons (Fsp3) is 0.455. The quantitative estimate of drug-likeness (QED) is 0.889. The van der Waals surface area contributed by atoms with Crippen molar-refractivity contribution in [2.24, 2.45) is 0 Å². The molecule has 5 heteroatoms. The summed E-state index contributed by atoms with van der Waals surface area (Å²) in [5, 5.41) is 10.0. The average molecular weight is 265 g/mol. The summed E-state index contributed by atoms with van der Waals surface area (Å²) < 4.78 is 10.5. The molecule has 0 fully saturated rings. The van der Waals surface area contributed by atoms with Crippen LogP contribution >= 0.6 is 23.2 Å². The first kappa shape index (κ1) is 13.6. The first-order valence-electron chi connectivity index (χ1n) is 4.82. The van der Waals surface area contributed by atoms with E-state index in [1.54, 1.807) is 19.2 Å². The Morgan fingerprint density at radius 2 is 2.06 bits per heavy atom. The Kier molecular flexibility index (Phi) is 5.35. The van der Waals surface area contributed by atoms with Crippen molar-refractivity contribution in [3.05, 3.63) is 27.7 Å². The van der Waals surface area contributed by atoms with Crippen LogP contribution in [0.1, 0.15) is 12.5 Å². The van der Waals surface area contributed by atoms with Crippen LogP contribution in [0.5, 0.6) is 5.75 Å². The second kappa shape index (κ2) is 6.30. The van der Waals surface area contributed by atoms with Gasteiger partial charge < -0.3 is 14.6 Å². The Morgan fingerprint density at radius 1 is 1.38 bits per heavy atom. The van der Waals surface area contributed by atoms with Gasteiger partial charge in [0.15, 0.2) is 0 Å². The minimum Gasteiger partial charge on any atom is -0.486 e. The second-order valence-electron chi connectivity index (χ2n) is 3.42. The van der Waals surface area contributed by atoms with Gasteiger partial charge in [0.25, 0.3) is 0 Å². The van der Waals surface area contributed by atoms with Crippen LogP contribution in [0.4, 0.5) is 0 Å². The van der Waals surface area contributed by atoms with Crippen molar-refractivity contribution < 1.29 is 14.6 Å². The Labute approximate surface area is 105 Å². The highest BCUT2D eigenvalue weighted by molar-refractivity contribution is 6.35. The molecule has 0 bridgehead atoms. The molecule has 0 amide bonds. The maximum Gasteiger partial charge on any atom is 0.144 e. The molecule has 16 heavy (non-hydrogen) atoms. The van der Waals surface area contributed by atoms with Crippen molar-refractivity contribution in [3.63, 3.8) is 0 Å². The summed E-state index contributed by atoms with van der Waals surface area (Å²) in [5.74, 6) is 0.457. The third-order valence-corrected chi connectivity index (χ3v) is 2.48. The highest BCUT2D eigenvalue weighted by Gasteiger charge is 2.13. The Bertz CT molecular complexity index is 355. The lowest BCUT2D eigenvalue weighted by atomic mass is 10.2. The van der Waals surface area contributed by atoms with Crippen LogP contribution in [0.2, 0.25) is 10.0 Å². The van der Waals surface area contributed by atoms with Gasteiger partial charge >= 0.3 is 0 Å². The molecule has 0 radical (unpaired) electrons. The van der Waals surface area contributed by atoms with E-state index in [2.05, 4.69) is 0 Å². The summed E-state index contributed by atoms with van der Waals surface area (Å²) in [6.45, 7) is 2.13. The molecule has 1 aromatic carbocycles. The summed E-state index contributed by atoms with van der Waals surface area (Å²) >= 11 is 11.8. The highest BCUT2D eigenvalue weighted by atomic mass is 35.5. The summed E-state index contributed by atoms with van der Waals surface area (Å²) in [6.07, 6.45) is -0.144. The lowest BCUT2D eigenvalue weighted by molar-refractivity contribution is 0.0903. The zero-order chi connectivity index (χ0) is 12.1. The first-order chi connectivity index (χ1) is 7.58. The SMILES string of the molecule is COCC(C)Oc1c(Cl)cc(Cl)cc1CO. The summed E-state index contributed by atoms with van der Waals surface area (Å²) in [6, 6.07) is 3.21. The maximum atomic E-state index is 9.18. The second-order valence-corrected chi connectivity index (χ2v) is 4.26. The Hall–Kier alpha value is -0.480. The van der Waals surface area contributed by atoms with Crippen LogP contribution < -0.4 is 4.74 Å². The summed E-state index contributed by atoms with van der Waals surface area (Å²) in [4.78, 5) is 0. The molecule has 1 aromatic rings. The number of ether oxygens (including phenoxy) is 2. The molecule has 0 saturated heterocycles. The van der Waals surface area contributed by atoms with Crippen molar-refractivity contribution >= 4 is 23.2 Å². The summed E-state index contributed by atoms with van der Waals surface area (Å²) in [7, 11) is 1.59. The maximum absolute atomic E-state index is 9.18. The van der Waals surface area contributed by atoms with E-state index in [4.69, 9.17) is 32.7 Å². The minimum absolute atomic E-state index is 0.144. The molecular weight excluding hydrogens is 251 g/mol. The van der Waals surface area contributed by atoms with E-state index >= 15 is 0 Å². The molecule has 0 aliphatic heterocycles. The van der Waals surface area contributed by atoms with Gasteiger partial charge in [0, 0.05) is 17.7 Å². The number of methoxy groups -OCH3 is 1. The molecule has 90 valence electrons. The third kappa shape index (κ3) is 3.52. The van der Waals surface area contributed by atoms with E-state index in [9.17, 15) is 5.11 Å². The number of aliphatic hydroxyl groups is 1.